The van der Waals surface area contributed by atoms with Gasteiger partial charge in [-0.05, 0) is 17.7 Å². The number of H-pyrrole nitrogens is 1. The summed E-state index contributed by atoms with van der Waals surface area (Å²) in [7, 11) is 1.54. The van der Waals surface area contributed by atoms with Crippen LogP contribution < -0.4 is 21.1 Å². The van der Waals surface area contributed by atoms with Gasteiger partial charge in [-0.15, -0.1) is 0 Å². The summed E-state index contributed by atoms with van der Waals surface area (Å²) in [5, 5.41) is 24.7. The van der Waals surface area contributed by atoms with Gasteiger partial charge in [-0.25, -0.2) is 9.78 Å². The maximum absolute atomic E-state index is 13.1. The quantitative estimate of drug-likeness (QED) is 0.257. The first kappa shape index (κ1) is 24.0. The molecule has 2 aromatic rings. The van der Waals surface area contributed by atoms with Crippen LogP contribution in [0.5, 0.6) is 5.75 Å². The first-order chi connectivity index (χ1) is 15.8. The number of likely N-dealkylation sites (tertiary alicyclic amines) is 1. The van der Waals surface area contributed by atoms with Gasteiger partial charge in [0, 0.05) is 24.7 Å². The number of hydrogen-bond donors (Lipinski definition) is 6. The highest BCUT2D eigenvalue weighted by molar-refractivity contribution is 5.91. The van der Waals surface area contributed by atoms with Gasteiger partial charge < -0.3 is 41.2 Å². The number of ether oxygens (including phenoxy) is 1. The number of aromatic amines is 1. The van der Waals surface area contributed by atoms with Crippen molar-refractivity contribution in [3.8, 4) is 5.75 Å². The topological polar surface area (TPSA) is 183 Å². The van der Waals surface area contributed by atoms with E-state index in [1.807, 2.05) is 0 Å². The number of amides is 4. The number of hydrogen-bond acceptors (Lipinski definition) is 7. The molecule has 12 nitrogen and oxygen atoms in total. The Morgan fingerprint density at radius 2 is 1.82 bits per heavy atom. The standard InChI is InChI=1S/C21H28N6O6/c1-33-14-4-2-12(3-5-14)6-16(26-21(32)27-9-17(28)18(29)10-27)20(31)25-15(19(22)30)7-13-8-23-11-24-13/h2-5,8,11,15-18,28-29H,6-7,9-10H2,1H3,(H2,22,30)(H,23,24)(H,25,31)(H,26,32)/t15-,16-,17-,18+/m0/s1. The van der Waals surface area contributed by atoms with Crippen molar-refractivity contribution < 1.29 is 29.3 Å². The number of methoxy groups -OCH3 is 1. The number of rotatable bonds is 9. The van der Waals surface area contributed by atoms with Crippen molar-refractivity contribution in [2.75, 3.05) is 20.2 Å². The van der Waals surface area contributed by atoms with Gasteiger partial charge >= 0.3 is 6.03 Å². The number of aromatic nitrogens is 2. The van der Waals surface area contributed by atoms with Crippen molar-refractivity contribution in [3.63, 3.8) is 0 Å². The molecule has 0 saturated carbocycles. The number of β-amino-alcohol motifs (C(OH)–C–C–N with tert-alkyl or cyclic N) is 2. The van der Waals surface area contributed by atoms with Crippen LogP contribution in [-0.4, -0.2) is 87.4 Å². The van der Waals surface area contributed by atoms with Crippen LogP contribution in [0.2, 0.25) is 0 Å². The number of nitrogens with two attached hydrogens (primary N) is 1. The number of urea groups is 1. The molecule has 2 heterocycles. The lowest BCUT2D eigenvalue weighted by molar-refractivity contribution is -0.128. The summed E-state index contributed by atoms with van der Waals surface area (Å²) in [6.07, 6.45) is 1.07. The molecule has 7 N–H and O–H groups in total. The number of nitrogens with zero attached hydrogens (tertiary/aromatic N) is 2. The molecule has 1 aromatic carbocycles. The zero-order chi connectivity index (χ0) is 24.0. The second-order valence-corrected chi connectivity index (χ2v) is 7.84. The molecule has 12 heteroatoms. The molecule has 0 radical (unpaired) electrons. The Morgan fingerprint density at radius 3 is 2.36 bits per heavy atom. The Bertz CT molecular complexity index is 941. The molecule has 3 rings (SSSR count). The van der Waals surface area contributed by atoms with Crippen LogP contribution in [0.3, 0.4) is 0 Å². The van der Waals surface area contributed by atoms with Gasteiger partial charge in [0.2, 0.25) is 11.8 Å². The van der Waals surface area contributed by atoms with Crippen LogP contribution in [0.1, 0.15) is 11.3 Å². The van der Waals surface area contributed by atoms with Gasteiger partial charge in [0.05, 0.1) is 38.7 Å². The maximum atomic E-state index is 13.1. The first-order valence-electron chi connectivity index (χ1n) is 10.4. The summed E-state index contributed by atoms with van der Waals surface area (Å²) in [5.74, 6) is -0.710. The number of imidazole rings is 1. The van der Waals surface area contributed by atoms with E-state index < -0.39 is 42.1 Å². The van der Waals surface area contributed by atoms with Crippen LogP contribution in [0.15, 0.2) is 36.8 Å². The van der Waals surface area contributed by atoms with Crippen molar-refractivity contribution in [1.82, 2.24) is 25.5 Å². The fraction of sp³-hybridized carbons (Fsp3) is 0.429. The minimum Gasteiger partial charge on any atom is -0.497 e. The van der Waals surface area contributed by atoms with Crippen molar-refractivity contribution in [2.24, 2.45) is 5.73 Å². The molecule has 1 fully saturated rings. The monoisotopic (exact) mass is 460 g/mol. The minimum absolute atomic E-state index is 0.0619. The van der Waals surface area contributed by atoms with Crippen LogP contribution in [0, 0.1) is 0 Å². The molecule has 1 saturated heterocycles. The van der Waals surface area contributed by atoms with Crippen LogP contribution in [-0.2, 0) is 22.4 Å². The van der Waals surface area contributed by atoms with Gasteiger partial charge in [0.15, 0.2) is 0 Å². The second kappa shape index (κ2) is 10.8. The summed E-state index contributed by atoms with van der Waals surface area (Å²) in [6, 6.07) is 4.26. The highest BCUT2D eigenvalue weighted by Crippen LogP contribution is 2.14. The molecule has 0 bridgehead atoms. The smallest absolute Gasteiger partial charge is 0.318 e. The Kier molecular flexibility index (Phi) is 7.85. The largest absolute Gasteiger partial charge is 0.497 e. The van der Waals surface area contributed by atoms with Gasteiger partial charge in [0.25, 0.3) is 0 Å². The zero-order valence-corrected chi connectivity index (χ0v) is 18.1. The van der Waals surface area contributed by atoms with E-state index in [4.69, 9.17) is 10.5 Å². The van der Waals surface area contributed by atoms with Crippen molar-refractivity contribution in [2.45, 2.75) is 37.1 Å². The lowest BCUT2D eigenvalue weighted by Crippen LogP contribution is -2.56. The van der Waals surface area contributed by atoms with Gasteiger partial charge in [-0.1, -0.05) is 12.1 Å². The van der Waals surface area contributed by atoms with Crippen molar-refractivity contribution in [3.05, 3.63) is 48.0 Å². The predicted molar refractivity (Wildman–Crippen MR) is 116 cm³/mol. The molecule has 0 aliphatic carbocycles. The van der Waals surface area contributed by atoms with E-state index in [9.17, 15) is 24.6 Å². The number of carbonyl (C=O) groups is 3. The third-order valence-corrected chi connectivity index (χ3v) is 5.40. The van der Waals surface area contributed by atoms with Gasteiger partial charge in [-0.2, -0.15) is 0 Å². The fourth-order valence-corrected chi connectivity index (χ4v) is 3.49. The number of aliphatic hydroxyl groups excluding tert-OH is 2. The van der Waals surface area contributed by atoms with Crippen LogP contribution in [0.25, 0.3) is 0 Å². The third-order valence-electron chi connectivity index (χ3n) is 5.40. The van der Waals surface area contributed by atoms with Crippen LogP contribution in [0.4, 0.5) is 4.79 Å². The summed E-state index contributed by atoms with van der Waals surface area (Å²) < 4.78 is 5.14. The summed E-state index contributed by atoms with van der Waals surface area (Å²) in [6.45, 7) is -0.124. The molecule has 178 valence electrons. The van der Waals surface area contributed by atoms with E-state index in [0.29, 0.717) is 11.4 Å². The molecule has 4 amide bonds. The van der Waals surface area contributed by atoms with Crippen molar-refractivity contribution >= 4 is 17.8 Å². The van der Waals surface area contributed by atoms with E-state index in [1.54, 1.807) is 24.3 Å². The summed E-state index contributed by atoms with van der Waals surface area (Å²) >= 11 is 0. The number of nitrogens with one attached hydrogen (secondary N) is 3. The normalized spacial score (nSPS) is 19.5. The lowest BCUT2D eigenvalue weighted by Gasteiger charge is -2.24. The molecule has 4 atom stereocenters. The maximum Gasteiger partial charge on any atom is 0.318 e. The highest BCUT2D eigenvalue weighted by Gasteiger charge is 2.34. The molecule has 1 aliphatic heterocycles. The van der Waals surface area contributed by atoms with Gasteiger partial charge in [0.1, 0.15) is 17.8 Å². The van der Waals surface area contributed by atoms with E-state index in [2.05, 4.69) is 20.6 Å². The van der Waals surface area contributed by atoms with E-state index in [1.165, 1.54) is 24.5 Å². The molecule has 1 aromatic heterocycles. The predicted octanol–water partition coefficient (Wildman–Crippen LogP) is -1.71. The molecule has 33 heavy (non-hydrogen) atoms. The Morgan fingerprint density at radius 1 is 1.15 bits per heavy atom. The molecule has 0 spiro atoms. The Hall–Kier alpha value is -3.64. The van der Waals surface area contributed by atoms with Gasteiger partial charge in [-0.3, -0.25) is 9.59 Å². The number of aliphatic hydroxyl groups is 2. The van der Waals surface area contributed by atoms with Crippen LogP contribution >= 0.6 is 0 Å². The van der Waals surface area contributed by atoms with E-state index >= 15 is 0 Å². The Labute approximate surface area is 190 Å². The average Bonchev–Trinajstić information content (AvgIpc) is 3.42. The molecule has 0 unspecified atom stereocenters. The lowest BCUT2D eigenvalue weighted by atomic mass is 10.0. The summed E-state index contributed by atoms with van der Waals surface area (Å²) in [4.78, 5) is 45.7. The second-order valence-electron chi connectivity index (χ2n) is 7.84. The third kappa shape index (κ3) is 6.43. The Balaban J connectivity index is 1.74. The SMILES string of the molecule is COc1ccc(C[C@H](NC(=O)N2C[C@@H](O)[C@@H](O)C2)C(=O)N[C@@H](Cc2cnc[nH]2)C(N)=O)cc1. The van der Waals surface area contributed by atoms with Crippen molar-refractivity contribution in [1.29, 1.82) is 0 Å². The first-order valence-corrected chi connectivity index (χ1v) is 10.4. The molecular weight excluding hydrogens is 432 g/mol. The molecular formula is C21H28N6O6. The number of primary amides is 1. The number of benzene rings is 1. The fourth-order valence-electron chi connectivity index (χ4n) is 3.49. The number of carbonyl (C=O) groups excluding carboxylic acids is 3. The minimum atomic E-state index is -1.06. The van der Waals surface area contributed by atoms with E-state index in [0.717, 1.165) is 5.56 Å². The average molecular weight is 460 g/mol. The molecule has 1 aliphatic rings. The van der Waals surface area contributed by atoms with E-state index in [-0.39, 0.29) is 25.9 Å². The zero-order valence-electron chi connectivity index (χ0n) is 18.1. The summed E-state index contributed by atoms with van der Waals surface area (Å²) in [5.41, 5.74) is 6.81. The highest BCUT2D eigenvalue weighted by atomic mass is 16.5.